The number of amides is 1. The molecule has 0 aliphatic carbocycles. The number of carbonyl (C=O) groups is 1. The van der Waals surface area contributed by atoms with Crippen molar-refractivity contribution in [3.8, 4) is 11.3 Å². The summed E-state index contributed by atoms with van der Waals surface area (Å²) in [5.41, 5.74) is 2.45. The summed E-state index contributed by atoms with van der Waals surface area (Å²) in [5.74, 6) is -0.0674. The minimum absolute atomic E-state index is 0.0257. The van der Waals surface area contributed by atoms with E-state index < -0.39 is 0 Å². The van der Waals surface area contributed by atoms with E-state index in [9.17, 15) is 4.79 Å². The lowest BCUT2D eigenvalue weighted by atomic mass is 10.2. The zero-order valence-electron chi connectivity index (χ0n) is 12.0. The van der Waals surface area contributed by atoms with Gasteiger partial charge in [-0.25, -0.2) is 4.98 Å². The Morgan fingerprint density at radius 2 is 2.30 bits per heavy atom. The fourth-order valence-electron chi connectivity index (χ4n) is 2.10. The number of aliphatic hydroxyl groups excluding tert-OH is 1. The van der Waals surface area contributed by atoms with E-state index in [4.69, 9.17) is 5.11 Å². The van der Waals surface area contributed by atoms with Crippen LogP contribution in [0.5, 0.6) is 0 Å². The molecule has 108 valence electrons. The number of aryl methyl sites for hydroxylation is 2. The summed E-state index contributed by atoms with van der Waals surface area (Å²) in [6, 6.07) is 1.86. The smallest absolute Gasteiger partial charge is 0.270 e. The van der Waals surface area contributed by atoms with E-state index in [1.165, 1.54) is 0 Å². The van der Waals surface area contributed by atoms with E-state index in [0.29, 0.717) is 18.8 Å². The Bertz CT molecular complexity index is 603. The Hall–Kier alpha value is -1.66. The van der Waals surface area contributed by atoms with Gasteiger partial charge in [0.2, 0.25) is 0 Å². The fraction of sp³-hybridized carbons (Fsp3) is 0.429. The second-order valence-electron chi connectivity index (χ2n) is 4.59. The summed E-state index contributed by atoms with van der Waals surface area (Å²) in [5, 5.41) is 12.0. The first-order valence-corrected chi connectivity index (χ1v) is 7.43. The second kappa shape index (κ2) is 6.19. The van der Waals surface area contributed by atoms with Gasteiger partial charge in [-0.05, 0) is 19.9 Å². The summed E-state index contributed by atoms with van der Waals surface area (Å²) in [6.45, 7) is 4.77. The molecule has 6 heteroatoms. The molecule has 2 aromatic rings. The monoisotopic (exact) mass is 293 g/mol. The summed E-state index contributed by atoms with van der Waals surface area (Å²) in [7, 11) is 1.85. The lowest BCUT2D eigenvalue weighted by Gasteiger charge is -2.19. The van der Waals surface area contributed by atoms with Crippen LogP contribution in [0.2, 0.25) is 0 Å². The van der Waals surface area contributed by atoms with Crippen LogP contribution >= 0.6 is 11.3 Å². The summed E-state index contributed by atoms with van der Waals surface area (Å²) in [6.07, 6.45) is 1.91. The van der Waals surface area contributed by atoms with Crippen molar-refractivity contribution in [1.82, 2.24) is 14.5 Å². The van der Waals surface area contributed by atoms with Gasteiger partial charge in [-0.1, -0.05) is 0 Å². The number of hydrogen-bond acceptors (Lipinski definition) is 4. The first kappa shape index (κ1) is 14.7. The third-order valence-corrected chi connectivity index (χ3v) is 3.95. The normalized spacial score (nSPS) is 10.8. The molecule has 2 rings (SSSR count). The van der Waals surface area contributed by atoms with Crippen molar-refractivity contribution in [2.45, 2.75) is 13.8 Å². The molecule has 1 amide bonds. The Morgan fingerprint density at radius 3 is 2.85 bits per heavy atom. The molecule has 0 atom stereocenters. The number of nitrogens with zero attached hydrogens (tertiary/aromatic N) is 3. The van der Waals surface area contributed by atoms with Gasteiger partial charge in [-0.15, -0.1) is 11.3 Å². The molecule has 0 aliphatic rings. The van der Waals surface area contributed by atoms with Crippen LogP contribution in [0.4, 0.5) is 0 Å². The van der Waals surface area contributed by atoms with Gasteiger partial charge >= 0.3 is 0 Å². The lowest BCUT2D eigenvalue weighted by Crippen LogP contribution is -2.34. The Morgan fingerprint density at radius 1 is 1.55 bits per heavy atom. The summed E-state index contributed by atoms with van der Waals surface area (Å²) in [4.78, 5) is 18.5. The van der Waals surface area contributed by atoms with Gasteiger partial charge < -0.3 is 14.6 Å². The van der Waals surface area contributed by atoms with Crippen LogP contribution < -0.4 is 0 Å². The van der Waals surface area contributed by atoms with E-state index in [1.54, 1.807) is 16.2 Å². The van der Waals surface area contributed by atoms with E-state index >= 15 is 0 Å². The highest BCUT2D eigenvalue weighted by Crippen LogP contribution is 2.24. The predicted molar refractivity (Wildman–Crippen MR) is 79.9 cm³/mol. The number of rotatable bonds is 5. The van der Waals surface area contributed by atoms with Gasteiger partial charge in [0, 0.05) is 37.3 Å². The average Bonchev–Trinajstić information content (AvgIpc) is 3.01. The molecule has 5 nitrogen and oxygen atoms in total. The zero-order chi connectivity index (χ0) is 14.7. The van der Waals surface area contributed by atoms with Gasteiger partial charge in [-0.3, -0.25) is 4.79 Å². The quantitative estimate of drug-likeness (QED) is 0.916. The van der Waals surface area contributed by atoms with Gasteiger partial charge in [0.15, 0.2) is 0 Å². The molecular weight excluding hydrogens is 274 g/mol. The van der Waals surface area contributed by atoms with E-state index in [0.717, 1.165) is 16.3 Å². The van der Waals surface area contributed by atoms with Crippen molar-refractivity contribution < 1.29 is 9.90 Å². The number of carbonyl (C=O) groups excluding carboxylic acids is 1. The number of hydrogen-bond donors (Lipinski definition) is 1. The average molecular weight is 293 g/mol. The standard InChI is InChI=1S/C14H19N3O2S/c1-4-17(5-6-18)14(19)13-7-11(8-16(13)3)12-9-20-10(2)15-12/h7-9,18H,4-6H2,1-3H3. The third kappa shape index (κ3) is 2.91. The van der Waals surface area contributed by atoms with E-state index in [1.807, 2.05) is 43.1 Å². The van der Waals surface area contributed by atoms with Crippen LogP contribution in [0, 0.1) is 6.92 Å². The number of aromatic nitrogens is 2. The highest BCUT2D eigenvalue weighted by atomic mass is 32.1. The maximum atomic E-state index is 12.4. The summed E-state index contributed by atoms with van der Waals surface area (Å²) < 4.78 is 1.81. The Labute approximate surface area is 122 Å². The molecule has 0 saturated carbocycles. The van der Waals surface area contributed by atoms with Crippen LogP contribution in [-0.2, 0) is 7.05 Å². The first-order chi connectivity index (χ1) is 9.56. The van der Waals surface area contributed by atoms with Crippen LogP contribution in [0.1, 0.15) is 22.4 Å². The molecule has 0 saturated heterocycles. The van der Waals surface area contributed by atoms with Crippen LogP contribution in [0.25, 0.3) is 11.3 Å². The number of likely N-dealkylation sites (N-methyl/N-ethyl adjacent to an activating group) is 1. The molecule has 0 unspecified atom stereocenters. The first-order valence-electron chi connectivity index (χ1n) is 6.55. The van der Waals surface area contributed by atoms with E-state index in [-0.39, 0.29) is 12.5 Å². The molecule has 2 aromatic heterocycles. The van der Waals surface area contributed by atoms with Crippen molar-refractivity contribution >= 4 is 17.2 Å². The second-order valence-corrected chi connectivity index (χ2v) is 5.65. The molecule has 1 N–H and O–H groups in total. The van der Waals surface area contributed by atoms with E-state index in [2.05, 4.69) is 4.98 Å². The molecule has 0 spiro atoms. The number of aliphatic hydroxyl groups is 1. The Kier molecular flexibility index (Phi) is 4.57. The highest BCUT2D eigenvalue weighted by Gasteiger charge is 2.18. The predicted octanol–water partition coefficient (Wildman–Crippen LogP) is 1.91. The highest BCUT2D eigenvalue weighted by molar-refractivity contribution is 7.09. The zero-order valence-corrected chi connectivity index (χ0v) is 12.8. The van der Waals surface area contributed by atoms with Crippen molar-refractivity contribution in [3.05, 3.63) is 28.3 Å². The molecule has 0 fully saturated rings. The summed E-state index contributed by atoms with van der Waals surface area (Å²) >= 11 is 1.59. The molecule has 0 bridgehead atoms. The maximum Gasteiger partial charge on any atom is 0.270 e. The molecule has 0 aliphatic heterocycles. The van der Waals surface area contributed by atoms with Gasteiger partial charge in [-0.2, -0.15) is 0 Å². The molecule has 0 aromatic carbocycles. The van der Waals surface area contributed by atoms with Crippen LogP contribution in [0.3, 0.4) is 0 Å². The van der Waals surface area contributed by atoms with Gasteiger partial charge in [0.05, 0.1) is 17.3 Å². The molecule has 20 heavy (non-hydrogen) atoms. The molecule has 0 radical (unpaired) electrons. The fourth-order valence-corrected chi connectivity index (χ4v) is 2.72. The number of thiazole rings is 1. The molecular formula is C14H19N3O2S. The van der Waals surface area contributed by atoms with Crippen molar-refractivity contribution in [2.75, 3.05) is 19.7 Å². The Balaban J connectivity index is 2.29. The van der Waals surface area contributed by atoms with Gasteiger partial charge in [0.1, 0.15) is 5.69 Å². The van der Waals surface area contributed by atoms with Crippen LogP contribution in [-0.4, -0.2) is 45.2 Å². The van der Waals surface area contributed by atoms with Crippen LogP contribution in [0.15, 0.2) is 17.6 Å². The minimum Gasteiger partial charge on any atom is -0.395 e. The maximum absolute atomic E-state index is 12.4. The largest absolute Gasteiger partial charge is 0.395 e. The minimum atomic E-state index is -0.0674. The topological polar surface area (TPSA) is 58.4 Å². The lowest BCUT2D eigenvalue weighted by molar-refractivity contribution is 0.0722. The van der Waals surface area contributed by atoms with Crippen molar-refractivity contribution in [3.63, 3.8) is 0 Å². The van der Waals surface area contributed by atoms with Crippen molar-refractivity contribution in [1.29, 1.82) is 0 Å². The SMILES string of the molecule is CCN(CCO)C(=O)c1cc(-c2csc(C)n2)cn1C. The molecule has 2 heterocycles. The van der Waals surface area contributed by atoms with Crippen molar-refractivity contribution in [2.24, 2.45) is 7.05 Å². The third-order valence-electron chi connectivity index (χ3n) is 3.18. The van der Waals surface area contributed by atoms with Gasteiger partial charge in [0.25, 0.3) is 5.91 Å².